The minimum atomic E-state index is 0. The highest BCUT2D eigenvalue weighted by atomic mass is 127. The maximum absolute atomic E-state index is 5.28. The van der Waals surface area contributed by atoms with Crippen LogP contribution in [0.1, 0.15) is 42.3 Å². The number of nitrogens with zero attached hydrogens (tertiary/aromatic N) is 3. The number of rotatable bonds is 6. The van der Waals surface area contributed by atoms with Crippen molar-refractivity contribution in [1.82, 2.24) is 15.4 Å². The Bertz CT molecular complexity index is 713. The average Bonchev–Trinajstić information content (AvgIpc) is 2.92. The van der Waals surface area contributed by atoms with Crippen LogP contribution in [0.5, 0.6) is 0 Å². The van der Waals surface area contributed by atoms with E-state index >= 15 is 0 Å². The zero-order valence-corrected chi connectivity index (χ0v) is 20.0. The summed E-state index contributed by atoms with van der Waals surface area (Å²) in [6.07, 6.45) is 0. The molecular weight excluding hydrogens is 507 g/mol. The van der Waals surface area contributed by atoms with Gasteiger partial charge in [0, 0.05) is 42.6 Å². The van der Waals surface area contributed by atoms with Gasteiger partial charge in [0.05, 0.1) is 5.69 Å². The van der Waals surface area contributed by atoms with E-state index in [1.807, 2.05) is 19.9 Å². The van der Waals surface area contributed by atoms with Gasteiger partial charge in [0.25, 0.3) is 0 Å². The monoisotopic (exact) mass is 534 g/mol. The van der Waals surface area contributed by atoms with Crippen molar-refractivity contribution in [3.63, 3.8) is 0 Å². The lowest BCUT2D eigenvalue weighted by Gasteiger charge is -2.23. The van der Waals surface area contributed by atoms with E-state index in [2.05, 4.69) is 70.4 Å². The maximum atomic E-state index is 5.28. The van der Waals surface area contributed by atoms with E-state index in [9.17, 15) is 0 Å². The Morgan fingerprint density at radius 2 is 2.04 bits per heavy atom. The fourth-order valence-electron chi connectivity index (χ4n) is 2.94. The summed E-state index contributed by atoms with van der Waals surface area (Å²) in [4.78, 5) is 6.97. The van der Waals surface area contributed by atoms with Crippen LogP contribution in [0.25, 0.3) is 0 Å². The fraction of sp³-hybridized carbons (Fsp3) is 0.474. The molecule has 0 aliphatic rings. The lowest BCUT2D eigenvalue weighted by Crippen LogP contribution is -2.38. The minimum Gasteiger partial charge on any atom is -0.361 e. The third-order valence-electron chi connectivity index (χ3n) is 4.16. The molecule has 5 nitrogen and oxygen atoms in total. The van der Waals surface area contributed by atoms with Crippen molar-refractivity contribution in [3.05, 3.63) is 51.3 Å². The van der Waals surface area contributed by atoms with Gasteiger partial charge < -0.3 is 14.7 Å². The Balaban J connectivity index is 0.00000338. The van der Waals surface area contributed by atoms with E-state index in [4.69, 9.17) is 9.52 Å². The molecule has 1 heterocycles. The Kier molecular flexibility index (Phi) is 9.63. The van der Waals surface area contributed by atoms with E-state index < -0.39 is 0 Å². The summed E-state index contributed by atoms with van der Waals surface area (Å²) in [5.74, 6) is 2.04. The van der Waals surface area contributed by atoms with Gasteiger partial charge in [0.15, 0.2) is 5.96 Å². The normalized spacial score (nSPS) is 12.5. The van der Waals surface area contributed by atoms with Gasteiger partial charge in [-0.2, -0.15) is 0 Å². The average molecular weight is 535 g/mol. The van der Waals surface area contributed by atoms with Crippen molar-refractivity contribution in [3.8, 4) is 0 Å². The number of benzene rings is 1. The molecule has 0 fully saturated rings. The topological polar surface area (TPSA) is 53.7 Å². The Hall–Kier alpha value is -1.09. The summed E-state index contributed by atoms with van der Waals surface area (Å²) in [5, 5.41) is 7.42. The number of nitrogens with one attached hydrogen (secondary N) is 1. The van der Waals surface area contributed by atoms with Crippen LogP contribution in [-0.4, -0.2) is 36.2 Å². The highest BCUT2D eigenvalue weighted by Gasteiger charge is 2.17. The van der Waals surface area contributed by atoms with E-state index in [0.717, 1.165) is 40.5 Å². The van der Waals surface area contributed by atoms with Crippen molar-refractivity contribution in [1.29, 1.82) is 0 Å². The van der Waals surface area contributed by atoms with Gasteiger partial charge in [-0.15, -0.1) is 24.0 Å². The van der Waals surface area contributed by atoms with Gasteiger partial charge in [0.2, 0.25) is 0 Å². The molecule has 2 aromatic rings. The van der Waals surface area contributed by atoms with Crippen molar-refractivity contribution in [2.45, 2.75) is 40.2 Å². The third-order valence-corrected chi connectivity index (χ3v) is 4.93. The number of hydrogen-bond donors (Lipinski definition) is 1. The predicted octanol–water partition coefficient (Wildman–Crippen LogP) is 4.87. The molecule has 1 unspecified atom stereocenters. The summed E-state index contributed by atoms with van der Waals surface area (Å²) in [7, 11) is 2.06. The number of hydrogen-bond acceptors (Lipinski definition) is 3. The van der Waals surface area contributed by atoms with Crippen LogP contribution < -0.4 is 5.32 Å². The smallest absolute Gasteiger partial charge is 0.193 e. The van der Waals surface area contributed by atoms with E-state index in [1.165, 1.54) is 5.56 Å². The second kappa shape index (κ2) is 10.9. The van der Waals surface area contributed by atoms with Crippen molar-refractivity contribution in [2.75, 3.05) is 20.1 Å². The van der Waals surface area contributed by atoms with Crippen molar-refractivity contribution < 1.29 is 4.52 Å². The molecule has 144 valence electrons. The lowest BCUT2D eigenvalue weighted by atomic mass is 10.00. The van der Waals surface area contributed by atoms with Gasteiger partial charge in [-0.1, -0.05) is 46.2 Å². The molecule has 0 spiro atoms. The predicted molar refractivity (Wildman–Crippen MR) is 121 cm³/mol. The molecule has 1 atom stereocenters. The largest absolute Gasteiger partial charge is 0.361 e. The van der Waals surface area contributed by atoms with Crippen LogP contribution in [0.15, 0.2) is 38.3 Å². The molecule has 0 saturated heterocycles. The van der Waals surface area contributed by atoms with Gasteiger partial charge in [0.1, 0.15) is 5.76 Å². The number of halogens is 2. The minimum absolute atomic E-state index is 0. The van der Waals surface area contributed by atoms with E-state index in [1.54, 1.807) is 0 Å². The van der Waals surface area contributed by atoms with Gasteiger partial charge in [-0.3, -0.25) is 4.99 Å². The number of aromatic nitrogens is 1. The molecule has 7 heteroatoms. The highest BCUT2D eigenvalue weighted by molar-refractivity contribution is 14.0. The van der Waals surface area contributed by atoms with Crippen molar-refractivity contribution >= 4 is 45.9 Å². The highest BCUT2D eigenvalue weighted by Crippen LogP contribution is 2.23. The Morgan fingerprint density at radius 3 is 2.62 bits per heavy atom. The molecule has 0 bridgehead atoms. The fourth-order valence-corrected chi connectivity index (χ4v) is 3.35. The summed E-state index contributed by atoms with van der Waals surface area (Å²) in [6.45, 7) is 10.5. The molecule has 1 aromatic heterocycles. The number of guanidine groups is 1. The van der Waals surface area contributed by atoms with Crippen LogP contribution in [0.3, 0.4) is 0 Å². The van der Waals surface area contributed by atoms with E-state index in [0.29, 0.717) is 6.54 Å². The number of aryl methyl sites for hydroxylation is 2. The Labute approximate surface area is 181 Å². The second-order valence-electron chi connectivity index (χ2n) is 6.28. The van der Waals surface area contributed by atoms with Gasteiger partial charge in [-0.05, 0) is 32.4 Å². The standard InChI is InChI=1S/C19H27BrN4O.HI/c1-6-21-19(24(5)12-16-9-7-8-10-17(16)20)22-11-13(2)18-14(3)23-25-15(18)4;/h7-10,13H,6,11-12H2,1-5H3,(H,21,22);1H. The van der Waals surface area contributed by atoms with E-state index in [-0.39, 0.29) is 29.9 Å². The molecule has 2 rings (SSSR count). The Morgan fingerprint density at radius 1 is 1.35 bits per heavy atom. The molecule has 0 aliphatic carbocycles. The van der Waals surface area contributed by atoms with Crippen molar-refractivity contribution in [2.24, 2.45) is 4.99 Å². The molecule has 0 radical (unpaired) electrons. The van der Waals surface area contributed by atoms with Crippen LogP contribution in [0, 0.1) is 13.8 Å². The first-order chi connectivity index (χ1) is 11.9. The quantitative estimate of drug-likeness (QED) is 0.326. The first kappa shape index (κ1) is 23.0. The summed E-state index contributed by atoms with van der Waals surface area (Å²) in [5.41, 5.74) is 3.34. The SMILES string of the molecule is CCNC(=NCC(C)c1c(C)noc1C)N(C)Cc1ccccc1Br.I. The van der Waals surface area contributed by atoms with Gasteiger partial charge >= 0.3 is 0 Å². The van der Waals surface area contributed by atoms with Crippen LogP contribution in [0.4, 0.5) is 0 Å². The maximum Gasteiger partial charge on any atom is 0.193 e. The second-order valence-corrected chi connectivity index (χ2v) is 7.14. The molecule has 0 saturated carbocycles. The molecular formula is C19H28BrIN4O. The molecule has 1 N–H and O–H groups in total. The van der Waals surface area contributed by atoms with Crippen LogP contribution in [-0.2, 0) is 6.54 Å². The molecule has 1 aromatic carbocycles. The first-order valence-electron chi connectivity index (χ1n) is 8.59. The number of aliphatic imine (C=N–C) groups is 1. The summed E-state index contributed by atoms with van der Waals surface area (Å²) < 4.78 is 6.39. The first-order valence-corrected chi connectivity index (χ1v) is 9.39. The zero-order chi connectivity index (χ0) is 18.4. The van der Waals surface area contributed by atoms with Crippen LogP contribution >= 0.6 is 39.9 Å². The zero-order valence-electron chi connectivity index (χ0n) is 16.0. The molecule has 0 aliphatic heterocycles. The molecule has 26 heavy (non-hydrogen) atoms. The van der Waals surface area contributed by atoms with Crippen LogP contribution in [0.2, 0.25) is 0 Å². The summed E-state index contributed by atoms with van der Waals surface area (Å²) in [6, 6.07) is 8.26. The molecule has 0 amide bonds. The third kappa shape index (κ3) is 5.97. The van der Waals surface area contributed by atoms with Gasteiger partial charge in [-0.25, -0.2) is 0 Å². The summed E-state index contributed by atoms with van der Waals surface area (Å²) >= 11 is 3.61. The lowest BCUT2D eigenvalue weighted by molar-refractivity contribution is 0.391.